The van der Waals surface area contributed by atoms with Crippen molar-refractivity contribution in [2.24, 2.45) is 5.73 Å². The number of hydrogen-bond donors (Lipinski definition) is 1. The molecule has 0 spiro atoms. The van der Waals surface area contributed by atoms with Crippen molar-refractivity contribution in [3.8, 4) is 0 Å². The van der Waals surface area contributed by atoms with Crippen molar-refractivity contribution < 1.29 is 13.2 Å². The minimum atomic E-state index is -2.63. The van der Waals surface area contributed by atoms with Crippen LogP contribution in [0.3, 0.4) is 0 Å². The molecule has 1 atom stereocenters. The van der Waals surface area contributed by atoms with Gasteiger partial charge in [0.2, 0.25) is 0 Å². The second kappa shape index (κ2) is 4.66. The summed E-state index contributed by atoms with van der Waals surface area (Å²) in [4.78, 5) is 0. The Kier molecular flexibility index (Phi) is 3.77. The van der Waals surface area contributed by atoms with Crippen molar-refractivity contribution in [1.82, 2.24) is 0 Å². The largest absolute Gasteiger partial charge is 0.323 e. The zero-order valence-corrected chi connectivity index (χ0v) is 7.94. The number of benzene rings is 1. The molecule has 0 saturated carbocycles. The lowest BCUT2D eigenvalue weighted by atomic mass is 10.1. The smallest absolute Gasteiger partial charge is 0.253 e. The van der Waals surface area contributed by atoms with Gasteiger partial charge < -0.3 is 5.73 Å². The van der Waals surface area contributed by atoms with E-state index in [1.54, 1.807) is 0 Å². The SMILES string of the molecule is NC(Cc1cccc(F)c1Cl)C(F)F. The summed E-state index contributed by atoms with van der Waals surface area (Å²) in [6, 6.07) is 2.75. The summed E-state index contributed by atoms with van der Waals surface area (Å²) in [5, 5.41) is -0.136. The molecule has 0 radical (unpaired) electrons. The molecule has 1 unspecified atom stereocenters. The highest BCUT2D eigenvalue weighted by molar-refractivity contribution is 6.31. The summed E-state index contributed by atoms with van der Waals surface area (Å²) < 4.78 is 37.0. The van der Waals surface area contributed by atoms with Gasteiger partial charge in [0.25, 0.3) is 6.43 Å². The normalized spacial score (nSPS) is 13.3. The molecule has 0 aliphatic heterocycles. The molecule has 0 saturated heterocycles. The zero-order chi connectivity index (χ0) is 10.7. The summed E-state index contributed by atoms with van der Waals surface area (Å²) in [6.45, 7) is 0. The highest BCUT2D eigenvalue weighted by Crippen LogP contribution is 2.21. The molecule has 5 heteroatoms. The fourth-order valence-corrected chi connectivity index (χ4v) is 1.25. The first-order valence-corrected chi connectivity index (χ1v) is 4.36. The van der Waals surface area contributed by atoms with Crippen molar-refractivity contribution in [2.75, 3.05) is 0 Å². The monoisotopic (exact) mass is 223 g/mol. The number of alkyl halides is 2. The Balaban J connectivity index is 2.82. The molecule has 0 aromatic heterocycles. The molecular weight excluding hydrogens is 215 g/mol. The topological polar surface area (TPSA) is 26.0 Å². The number of halogens is 4. The summed E-state index contributed by atoms with van der Waals surface area (Å²) in [5.74, 6) is -0.620. The van der Waals surface area contributed by atoms with E-state index in [0.29, 0.717) is 5.56 Å². The molecule has 1 aromatic carbocycles. The Morgan fingerprint density at radius 2 is 2.00 bits per heavy atom. The van der Waals surface area contributed by atoms with Crippen LogP contribution in [0.1, 0.15) is 5.56 Å². The lowest BCUT2D eigenvalue weighted by molar-refractivity contribution is 0.116. The molecule has 0 bridgehead atoms. The van der Waals surface area contributed by atoms with Crippen molar-refractivity contribution in [3.05, 3.63) is 34.6 Å². The third kappa shape index (κ3) is 2.62. The first-order valence-electron chi connectivity index (χ1n) is 3.99. The maximum absolute atomic E-state index is 12.9. The average molecular weight is 224 g/mol. The Morgan fingerprint density at radius 3 is 2.57 bits per heavy atom. The van der Waals surface area contributed by atoms with Crippen LogP contribution in [0, 0.1) is 5.82 Å². The molecule has 1 aromatic rings. The minimum absolute atomic E-state index is 0.131. The van der Waals surface area contributed by atoms with Crippen molar-refractivity contribution in [2.45, 2.75) is 18.9 Å². The fourth-order valence-electron chi connectivity index (χ4n) is 1.05. The minimum Gasteiger partial charge on any atom is -0.323 e. The Hall–Kier alpha value is -0.740. The van der Waals surface area contributed by atoms with Gasteiger partial charge in [-0.25, -0.2) is 13.2 Å². The van der Waals surface area contributed by atoms with Crippen LogP contribution in [-0.2, 0) is 6.42 Å². The van der Waals surface area contributed by atoms with Crippen LogP contribution < -0.4 is 5.73 Å². The summed E-state index contributed by atoms with van der Waals surface area (Å²) in [5.41, 5.74) is 5.44. The number of nitrogens with two attached hydrogens (primary N) is 1. The molecule has 0 amide bonds. The first-order chi connectivity index (χ1) is 6.52. The van der Waals surface area contributed by atoms with E-state index in [0.717, 1.165) is 0 Å². The summed E-state index contributed by atoms with van der Waals surface area (Å²) >= 11 is 5.57. The predicted molar refractivity (Wildman–Crippen MR) is 49.1 cm³/mol. The second-order valence-electron chi connectivity index (χ2n) is 2.92. The maximum Gasteiger partial charge on any atom is 0.253 e. The standard InChI is InChI=1S/C9H9ClF3N/c10-8-5(2-1-3-6(8)11)4-7(14)9(12)13/h1-3,7,9H,4,14H2. The lowest BCUT2D eigenvalue weighted by Gasteiger charge is -2.11. The van der Waals surface area contributed by atoms with E-state index >= 15 is 0 Å². The number of hydrogen-bond acceptors (Lipinski definition) is 1. The Bertz CT molecular complexity index is 317. The van der Waals surface area contributed by atoms with Crippen molar-refractivity contribution in [1.29, 1.82) is 0 Å². The van der Waals surface area contributed by atoms with Crippen LogP contribution in [0.4, 0.5) is 13.2 Å². The van der Waals surface area contributed by atoms with Crippen LogP contribution in [0.25, 0.3) is 0 Å². The molecule has 0 fully saturated rings. The fraction of sp³-hybridized carbons (Fsp3) is 0.333. The van der Waals surface area contributed by atoms with Gasteiger partial charge in [0.1, 0.15) is 5.82 Å². The van der Waals surface area contributed by atoms with Crippen LogP contribution in [-0.4, -0.2) is 12.5 Å². The molecule has 78 valence electrons. The van der Waals surface area contributed by atoms with Crippen LogP contribution in [0.2, 0.25) is 5.02 Å². The predicted octanol–water partition coefficient (Wildman–Crippen LogP) is 2.61. The van der Waals surface area contributed by atoms with E-state index < -0.39 is 18.3 Å². The molecule has 0 heterocycles. The van der Waals surface area contributed by atoms with Gasteiger partial charge in [-0.05, 0) is 18.1 Å². The third-order valence-electron chi connectivity index (χ3n) is 1.81. The van der Waals surface area contributed by atoms with Gasteiger partial charge in [-0.2, -0.15) is 0 Å². The van der Waals surface area contributed by atoms with Crippen LogP contribution in [0.5, 0.6) is 0 Å². The molecule has 2 N–H and O–H groups in total. The molecule has 0 aliphatic rings. The van der Waals surface area contributed by atoms with Gasteiger partial charge >= 0.3 is 0 Å². The summed E-state index contributed by atoms with van der Waals surface area (Å²) in [6.07, 6.45) is -2.76. The van der Waals surface area contributed by atoms with Gasteiger partial charge in [0, 0.05) is 0 Å². The first kappa shape index (κ1) is 11.3. The van der Waals surface area contributed by atoms with Crippen LogP contribution >= 0.6 is 11.6 Å². The van der Waals surface area contributed by atoms with E-state index in [-0.39, 0.29) is 11.4 Å². The third-order valence-corrected chi connectivity index (χ3v) is 2.23. The van der Waals surface area contributed by atoms with Gasteiger partial charge in [0.15, 0.2) is 0 Å². The van der Waals surface area contributed by atoms with Crippen molar-refractivity contribution in [3.63, 3.8) is 0 Å². The summed E-state index contributed by atoms with van der Waals surface area (Å²) in [7, 11) is 0. The van der Waals surface area contributed by atoms with Gasteiger partial charge in [-0.1, -0.05) is 23.7 Å². The molecule has 14 heavy (non-hydrogen) atoms. The average Bonchev–Trinajstić information content (AvgIpc) is 2.12. The lowest BCUT2D eigenvalue weighted by Crippen LogP contribution is -2.31. The highest BCUT2D eigenvalue weighted by Gasteiger charge is 2.17. The van der Waals surface area contributed by atoms with Gasteiger partial charge in [-0.15, -0.1) is 0 Å². The maximum atomic E-state index is 12.9. The van der Waals surface area contributed by atoms with Gasteiger partial charge in [-0.3, -0.25) is 0 Å². The van der Waals surface area contributed by atoms with E-state index in [9.17, 15) is 13.2 Å². The van der Waals surface area contributed by atoms with Gasteiger partial charge in [0.05, 0.1) is 11.1 Å². The van der Waals surface area contributed by atoms with Crippen LogP contribution in [0.15, 0.2) is 18.2 Å². The molecule has 1 rings (SSSR count). The van der Waals surface area contributed by atoms with Crippen molar-refractivity contribution >= 4 is 11.6 Å². The molecular formula is C9H9ClF3N. The number of rotatable bonds is 3. The zero-order valence-electron chi connectivity index (χ0n) is 7.18. The second-order valence-corrected chi connectivity index (χ2v) is 3.29. The quantitative estimate of drug-likeness (QED) is 0.838. The Labute approximate surface area is 84.7 Å². The molecule has 0 aliphatic carbocycles. The van der Waals surface area contributed by atoms with E-state index in [1.807, 2.05) is 0 Å². The molecule has 1 nitrogen and oxygen atoms in total. The van der Waals surface area contributed by atoms with E-state index in [2.05, 4.69) is 0 Å². The van der Waals surface area contributed by atoms with E-state index in [4.69, 9.17) is 17.3 Å². The highest BCUT2D eigenvalue weighted by atomic mass is 35.5. The Morgan fingerprint density at radius 1 is 1.36 bits per heavy atom. The van der Waals surface area contributed by atoms with E-state index in [1.165, 1.54) is 18.2 Å².